The molecule has 5 rings (SSSR count). The number of fused-ring (bicyclic) bond motifs is 2. The highest BCUT2D eigenvalue weighted by Gasteiger charge is 2.30. The van der Waals surface area contributed by atoms with Gasteiger partial charge in [0.2, 0.25) is 5.95 Å². The number of ether oxygens (including phenoxy) is 1. The summed E-state index contributed by atoms with van der Waals surface area (Å²) < 4.78 is 7.45. The van der Waals surface area contributed by atoms with Crippen molar-refractivity contribution in [3.8, 4) is 11.3 Å². The van der Waals surface area contributed by atoms with Crippen molar-refractivity contribution >= 4 is 22.5 Å². The van der Waals surface area contributed by atoms with Gasteiger partial charge in [0, 0.05) is 30.6 Å². The lowest BCUT2D eigenvalue weighted by molar-refractivity contribution is 0.00283. The van der Waals surface area contributed by atoms with E-state index in [4.69, 9.17) is 9.72 Å². The number of aromatic nitrogens is 5. The molecule has 7 heteroatoms. The fourth-order valence-corrected chi connectivity index (χ4v) is 3.53. The Hall–Kier alpha value is -3.06. The summed E-state index contributed by atoms with van der Waals surface area (Å²) in [6.07, 6.45) is 7.93. The Balaban J connectivity index is 1.40. The largest absolute Gasteiger partial charge is 0.378 e. The van der Waals surface area contributed by atoms with Gasteiger partial charge in [-0.15, -0.1) is 5.10 Å². The molecule has 7 nitrogen and oxygen atoms in total. The van der Waals surface area contributed by atoms with Crippen molar-refractivity contribution in [2.24, 2.45) is 0 Å². The molecule has 0 saturated heterocycles. The van der Waals surface area contributed by atoms with Crippen LogP contribution in [0.3, 0.4) is 0 Å². The van der Waals surface area contributed by atoms with Crippen molar-refractivity contribution in [1.82, 2.24) is 24.6 Å². The standard InChI is InChI=1S/C20H20N6O/c1-2-27-14-10-13(11-14)23-20-22-12-19-15(7-9-26(19)25-20)16-5-6-17-18(24-16)4-3-8-21-17/h3-9,12-14H,2,10-11H2,1H3,(H,23,25). The van der Waals surface area contributed by atoms with E-state index >= 15 is 0 Å². The molecule has 1 saturated carbocycles. The van der Waals surface area contributed by atoms with Gasteiger partial charge in [0.1, 0.15) is 0 Å². The Morgan fingerprint density at radius 3 is 2.96 bits per heavy atom. The molecule has 0 aliphatic heterocycles. The van der Waals surface area contributed by atoms with Crippen molar-refractivity contribution in [3.63, 3.8) is 0 Å². The lowest BCUT2D eigenvalue weighted by atomic mass is 9.89. The number of hydrogen-bond donors (Lipinski definition) is 1. The quantitative estimate of drug-likeness (QED) is 0.588. The minimum absolute atomic E-state index is 0.364. The van der Waals surface area contributed by atoms with Gasteiger partial charge < -0.3 is 10.1 Å². The van der Waals surface area contributed by atoms with Gasteiger partial charge in [0.25, 0.3) is 0 Å². The molecule has 27 heavy (non-hydrogen) atoms. The minimum atomic E-state index is 0.364. The number of nitrogens with one attached hydrogen (secondary N) is 1. The van der Waals surface area contributed by atoms with Crippen LogP contribution in [-0.4, -0.2) is 43.3 Å². The molecule has 0 radical (unpaired) electrons. The molecular weight excluding hydrogens is 340 g/mol. The van der Waals surface area contributed by atoms with Crippen LogP contribution >= 0.6 is 0 Å². The first-order valence-electron chi connectivity index (χ1n) is 9.25. The van der Waals surface area contributed by atoms with Gasteiger partial charge in [-0.3, -0.25) is 4.98 Å². The average Bonchev–Trinajstić information content (AvgIpc) is 3.09. The third kappa shape index (κ3) is 3.00. The fourth-order valence-electron chi connectivity index (χ4n) is 3.53. The molecule has 0 aromatic carbocycles. The molecule has 0 unspecified atom stereocenters. The Morgan fingerprint density at radius 1 is 1.15 bits per heavy atom. The van der Waals surface area contributed by atoms with Gasteiger partial charge in [0.05, 0.1) is 34.5 Å². The van der Waals surface area contributed by atoms with E-state index in [0.29, 0.717) is 18.1 Å². The molecule has 1 N–H and O–H groups in total. The SMILES string of the molecule is CCOC1CC(Nc2ncc3c(-c4ccc5ncccc5n4)ccn3n2)C1. The summed E-state index contributed by atoms with van der Waals surface area (Å²) in [4.78, 5) is 13.5. The molecule has 136 valence electrons. The number of rotatable bonds is 5. The molecule has 1 aliphatic carbocycles. The lowest BCUT2D eigenvalue weighted by Gasteiger charge is -2.35. The van der Waals surface area contributed by atoms with E-state index in [-0.39, 0.29) is 0 Å². The first kappa shape index (κ1) is 16.1. The normalized spacial score (nSPS) is 19.3. The summed E-state index contributed by atoms with van der Waals surface area (Å²) in [5, 5.41) is 7.98. The maximum absolute atomic E-state index is 5.60. The van der Waals surface area contributed by atoms with Crippen LogP contribution in [0.1, 0.15) is 19.8 Å². The maximum Gasteiger partial charge on any atom is 0.241 e. The third-order valence-corrected chi connectivity index (χ3v) is 4.98. The first-order chi connectivity index (χ1) is 13.3. The third-order valence-electron chi connectivity index (χ3n) is 4.98. The number of nitrogens with zero attached hydrogens (tertiary/aromatic N) is 5. The van der Waals surface area contributed by atoms with Crippen molar-refractivity contribution in [2.75, 3.05) is 11.9 Å². The van der Waals surface area contributed by atoms with Gasteiger partial charge in [-0.1, -0.05) is 0 Å². The predicted molar refractivity (Wildman–Crippen MR) is 104 cm³/mol. The smallest absolute Gasteiger partial charge is 0.241 e. The van der Waals surface area contributed by atoms with E-state index in [1.165, 1.54) is 0 Å². The van der Waals surface area contributed by atoms with Gasteiger partial charge >= 0.3 is 0 Å². The second-order valence-corrected chi connectivity index (χ2v) is 6.77. The fraction of sp³-hybridized carbons (Fsp3) is 0.300. The second-order valence-electron chi connectivity index (χ2n) is 6.77. The summed E-state index contributed by atoms with van der Waals surface area (Å²) >= 11 is 0. The summed E-state index contributed by atoms with van der Waals surface area (Å²) in [6, 6.07) is 10.2. The summed E-state index contributed by atoms with van der Waals surface area (Å²) in [7, 11) is 0. The lowest BCUT2D eigenvalue weighted by Crippen LogP contribution is -2.41. The van der Waals surface area contributed by atoms with Gasteiger partial charge in [-0.2, -0.15) is 0 Å². The minimum Gasteiger partial charge on any atom is -0.378 e. The molecule has 0 bridgehead atoms. The molecule has 4 heterocycles. The summed E-state index contributed by atoms with van der Waals surface area (Å²) in [6.45, 7) is 2.80. The van der Waals surface area contributed by atoms with Crippen molar-refractivity contribution in [1.29, 1.82) is 0 Å². The zero-order valence-corrected chi connectivity index (χ0v) is 15.0. The van der Waals surface area contributed by atoms with Crippen LogP contribution in [0.15, 0.2) is 48.9 Å². The summed E-state index contributed by atoms with van der Waals surface area (Å²) in [5.74, 6) is 0.639. The van der Waals surface area contributed by atoms with Crippen LogP contribution < -0.4 is 5.32 Å². The predicted octanol–water partition coefficient (Wildman–Crippen LogP) is 3.32. The van der Waals surface area contributed by atoms with E-state index < -0.39 is 0 Å². The maximum atomic E-state index is 5.60. The van der Waals surface area contributed by atoms with Gasteiger partial charge in [0.15, 0.2) is 0 Å². The van der Waals surface area contributed by atoms with Crippen LogP contribution in [0.2, 0.25) is 0 Å². The molecular formula is C20H20N6O. The number of hydrogen-bond acceptors (Lipinski definition) is 6. The van der Waals surface area contributed by atoms with E-state index in [9.17, 15) is 0 Å². The Kier molecular flexibility index (Phi) is 3.94. The number of pyridine rings is 2. The first-order valence-corrected chi connectivity index (χ1v) is 9.25. The van der Waals surface area contributed by atoms with Crippen LogP contribution in [-0.2, 0) is 4.74 Å². The van der Waals surface area contributed by atoms with Crippen LogP contribution in [0, 0.1) is 0 Å². The van der Waals surface area contributed by atoms with E-state index in [1.807, 2.05) is 54.2 Å². The zero-order valence-electron chi connectivity index (χ0n) is 15.0. The highest BCUT2D eigenvalue weighted by molar-refractivity contribution is 5.83. The van der Waals surface area contributed by atoms with E-state index in [1.54, 1.807) is 6.20 Å². The van der Waals surface area contributed by atoms with E-state index in [2.05, 4.69) is 20.4 Å². The topological polar surface area (TPSA) is 77.2 Å². The monoisotopic (exact) mass is 360 g/mol. The van der Waals surface area contributed by atoms with Crippen molar-refractivity contribution in [2.45, 2.75) is 31.9 Å². The average molecular weight is 360 g/mol. The van der Waals surface area contributed by atoms with Crippen LogP contribution in [0.4, 0.5) is 5.95 Å². The molecule has 0 atom stereocenters. The van der Waals surface area contributed by atoms with Gasteiger partial charge in [-0.05, 0) is 50.1 Å². The Labute approximate surface area is 156 Å². The van der Waals surface area contributed by atoms with E-state index in [0.717, 1.165) is 47.3 Å². The molecule has 0 spiro atoms. The molecule has 4 aromatic heterocycles. The highest BCUT2D eigenvalue weighted by Crippen LogP contribution is 2.27. The van der Waals surface area contributed by atoms with Crippen molar-refractivity contribution in [3.05, 3.63) is 48.9 Å². The van der Waals surface area contributed by atoms with Crippen LogP contribution in [0.25, 0.3) is 27.8 Å². The second kappa shape index (κ2) is 6.59. The molecule has 1 aliphatic rings. The highest BCUT2D eigenvalue weighted by atomic mass is 16.5. The summed E-state index contributed by atoms with van der Waals surface area (Å²) in [5.41, 5.74) is 4.59. The Morgan fingerprint density at radius 2 is 2.07 bits per heavy atom. The molecule has 0 amide bonds. The van der Waals surface area contributed by atoms with Crippen LogP contribution in [0.5, 0.6) is 0 Å². The number of anilines is 1. The molecule has 1 fully saturated rings. The Bertz CT molecular complexity index is 1100. The molecule has 4 aromatic rings. The zero-order chi connectivity index (χ0) is 18.2. The van der Waals surface area contributed by atoms with Gasteiger partial charge in [-0.25, -0.2) is 14.5 Å². The van der Waals surface area contributed by atoms with Crippen molar-refractivity contribution < 1.29 is 4.74 Å².